The highest BCUT2D eigenvalue weighted by atomic mass is 33.5. The molecule has 1 atom stereocenters. The molecule has 19 heavy (non-hydrogen) atoms. The summed E-state index contributed by atoms with van der Waals surface area (Å²) in [5.41, 5.74) is 7.64. The Balaban J connectivity index is 1.91. The Morgan fingerprint density at radius 1 is 1.26 bits per heavy atom. The molecule has 2 aliphatic rings. The Labute approximate surface area is 121 Å². The molecule has 2 heterocycles. The lowest BCUT2D eigenvalue weighted by molar-refractivity contribution is 0.415. The summed E-state index contributed by atoms with van der Waals surface area (Å²) in [5.74, 6) is 0.846. The first-order chi connectivity index (χ1) is 9.22. The van der Waals surface area contributed by atoms with E-state index in [0.29, 0.717) is 10.6 Å². The van der Waals surface area contributed by atoms with Crippen molar-refractivity contribution in [1.29, 1.82) is 5.26 Å². The van der Waals surface area contributed by atoms with Crippen LogP contribution in [0.4, 0.5) is 0 Å². The molecule has 0 saturated carbocycles. The highest BCUT2D eigenvalue weighted by Gasteiger charge is 2.28. The molecule has 0 bridgehead atoms. The van der Waals surface area contributed by atoms with Gasteiger partial charge in [0, 0.05) is 9.77 Å². The van der Waals surface area contributed by atoms with Crippen molar-refractivity contribution in [2.75, 3.05) is 7.11 Å². The van der Waals surface area contributed by atoms with E-state index in [2.05, 4.69) is 12.1 Å². The molecular weight excluding hydrogens is 296 g/mol. The Kier molecular flexibility index (Phi) is 3.35. The Morgan fingerprint density at radius 2 is 2.00 bits per heavy atom. The molecule has 0 saturated heterocycles. The fourth-order valence-corrected chi connectivity index (χ4v) is 8.35. The van der Waals surface area contributed by atoms with E-state index in [1.807, 2.05) is 24.3 Å². The molecule has 0 radical (unpaired) electrons. The minimum absolute atomic E-state index is 0.0611. The molecule has 0 aromatic heterocycles. The van der Waals surface area contributed by atoms with Crippen LogP contribution in [0.15, 0.2) is 40.9 Å². The number of nitriles is 1. The van der Waals surface area contributed by atoms with E-state index >= 15 is 0 Å². The van der Waals surface area contributed by atoms with E-state index in [9.17, 15) is 0 Å². The molecular formula is C13H10N2OS3. The highest BCUT2D eigenvalue weighted by molar-refractivity contribution is 9.18. The summed E-state index contributed by atoms with van der Waals surface area (Å²) in [5, 5.41) is 9.79. The van der Waals surface area contributed by atoms with Crippen LogP contribution >= 0.6 is 30.1 Å². The zero-order chi connectivity index (χ0) is 13.4. The highest BCUT2D eigenvalue weighted by Crippen LogP contribution is 2.61. The van der Waals surface area contributed by atoms with Crippen molar-refractivity contribution in [3.8, 4) is 11.8 Å². The predicted octanol–water partition coefficient (Wildman–Crippen LogP) is 3.49. The number of nitrogens with zero attached hydrogens (tertiary/aromatic N) is 1. The number of ether oxygens (including phenoxy) is 1. The van der Waals surface area contributed by atoms with Gasteiger partial charge < -0.3 is 10.5 Å². The van der Waals surface area contributed by atoms with E-state index in [4.69, 9.17) is 15.7 Å². The van der Waals surface area contributed by atoms with Crippen LogP contribution in [-0.2, 0) is 0 Å². The van der Waals surface area contributed by atoms with E-state index < -0.39 is 0 Å². The molecule has 0 spiro atoms. The summed E-state index contributed by atoms with van der Waals surface area (Å²) in [6, 6.07) is 10.2. The normalized spacial score (nSPS) is 21.2. The maximum Gasteiger partial charge on any atom is 0.118 e. The second-order valence-electron chi connectivity index (χ2n) is 3.85. The molecule has 1 aromatic rings. The van der Waals surface area contributed by atoms with Gasteiger partial charge in [-0.25, -0.2) is 0 Å². The fourth-order valence-electron chi connectivity index (χ4n) is 1.78. The maximum atomic E-state index is 9.14. The summed E-state index contributed by atoms with van der Waals surface area (Å²) in [4.78, 5) is 2.26. The first-order valence-corrected chi connectivity index (χ1v) is 9.36. The van der Waals surface area contributed by atoms with Crippen LogP contribution in [0.5, 0.6) is 5.75 Å². The van der Waals surface area contributed by atoms with Gasteiger partial charge in [0.2, 0.25) is 0 Å². The van der Waals surface area contributed by atoms with E-state index in [1.54, 1.807) is 28.7 Å². The van der Waals surface area contributed by atoms with Crippen LogP contribution in [0.2, 0.25) is 0 Å². The number of rotatable bonds is 2. The standard InChI is InChI=1S/C13H10N2OS3/c1-16-9-4-2-8(3-5-9)11-6-12-10(7-14)13(15)18-19(12)17-11/h2-6H,15H2,1H3. The van der Waals surface area contributed by atoms with Gasteiger partial charge in [-0.2, -0.15) is 5.26 Å². The van der Waals surface area contributed by atoms with Gasteiger partial charge in [0.25, 0.3) is 0 Å². The first kappa shape index (κ1) is 12.7. The minimum atomic E-state index is -0.0611. The molecule has 3 rings (SSSR count). The molecule has 3 nitrogen and oxygen atoms in total. The van der Waals surface area contributed by atoms with Crippen molar-refractivity contribution in [2.45, 2.75) is 0 Å². The number of methoxy groups -OCH3 is 1. The maximum absolute atomic E-state index is 9.14. The number of benzene rings is 1. The molecule has 6 heteroatoms. The number of hydrogen-bond acceptors (Lipinski definition) is 5. The van der Waals surface area contributed by atoms with Gasteiger partial charge in [-0.3, -0.25) is 0 Å². The number of hydrogen-bond donors (Lipinski definition) is 1. The molecule has 2 aliphatic heterocycles. The van der Waals surface area contributed by atoms with E-state index in [0.717, 1.165) is 16.2 Å². The van der Waals surface area contributed by atoms with Crippen LogP contribution < -0.4 is 10.5 Å². The zero-order valence-electron chi connectivity index (χ0n) is 10.0. The van der Waals surface area contributed by atoms with Gasteiger partial charge in [-0.05, 0) is 43.1 Å². The monoisotopic (exact) mass is 306 g/mol. The van der Waals surface area contributed by atoms with Gasteiger partial charge in [-0.15, -0.1) is 0 Å². The lowest BCUT2D eigenvalue weighted by atomic mass is 10.1. The second kappa shape index (κ2) is 5.00. The van der Waals surface area contributed by atoms with Crippen molar-refractivity contribution in [2.24, 2.45) is 5.73 Å². The van der Waals surface area contributed by atoms with E-state index in [1.165, 1.54) is 4.91 Å². The summed E-state index contributed by atoms with van der Waals surface area (Å²) >= 11 is 0. The smallest absolute Gasteiger partial charge is 0.118 e. The fraction of sp³-hybridized carbons (Fsp3) is 0.0769. The molecule has 96 valence electrons. The van der Waals surface area contributed by atoms with Crippen molar-refractivity contribution >= 4 is 39.9 Å². The van der Waals surface area contributed by atoms with Crippen molar-refractivity contribution in [3.63, 3.8) is 0 Å². The number of allylic oxidation sites excluding steroid dienone is 2. The first-order valence-electron chi connectivity index (χ1n) is 5.47. The van der Waals surface area contributed by atoms with Crippen molar-refractivity contribution in [1.82, 2.24) is 0 Å². The van der Waals surface area contributed by atoms with Crippen LogP contribution in [0, 0.1) is 11.3 Å². The van der Waals surface area contributed by atoms with Gasteiger partial charge in [0.05, 0.1) is 17.7 Å². The van der Waals surface area contributed by atoms with Gasteiger partial charge in [-0.1, -0.05) is 22.9 Å². The predicted molar refractivity (Wildman–Crippen MR) is 85.6 cm³/mol. The molecule has 1 unspecified atom stereocenters. The average molecular weight is 306 g/mol. The summed E-state index contributed by atoms with van der Waals surface area (Å²) in [6.07, 6.45) is 2.08. The summed E-state index contributed by atoms with van der Waals surface area (Å²) in [6.45, 7) is 0. The van der Waals surface area contributed by atoms with Crippen LogP contribution in [0.1, 0.15) is 5.56 Å². The van der Waals surface area contributed by atoms with E-state index in [-0.39, 0.29) is 8.55 Å². The van der Waals surface area contributed by atoms with Crippen molar-refractivity contribution in [3.05, 3.63) is 46.5 Å². The quantitative estimate of drug-likeness (QED) is 0.669. The largest absolute Gasteiger partial charge is 0.497 e. The third-order valence-corrected chi connectivity index (χ3v) is 8.94. The summed E-state index contributed by atoms with van der Waals surface area (Å²) in [7, 11) is 4.95. The van der Waals surface area contributed by atoms with Gasteiger partial charge in [0.15, 0.2) is 0 Å². The molecule has 0 amide bonds. The SMILES string of the molecule is COc1ccc(C2=CC3=S(S2)SC(N)=C3C#N)cc1. The lowest BCUT2D eigenvalue weighted by Crippen LogP contribution is -1.99. The second-order valence-corrected chi connectivity index (χ2v) is 9.61. The third-order valence-electron chi connectivity index (χ3n) is 2.75. The Bertz CT molecular complexity index is 681. The van der Waals surface area contributed by atoms with Gasteiger partial charge in [0.1, 0.15) is 11.8 Å². The number of nitrogens with two attached hydrogens (primary N) is 1. The molecule has 0 aliphatic carbocycles. The minimum Gasteiger partial charge on any atom is -0.497 e. The zero-order valence-corrected chi connectivity index (χ0v) is 12.5. The van der Waals surface area contributed by atoms with Crippen LogP contribution in [0.3, 0.4) is 0 Å². The average Bonchev–Trinajstić information content (AvgIpc) is 2.95. The van der Waals surface area contributed by atoms with Crippen LogP contribution in [0.25, 0.3) is 4.91 Å². The topological polar surface area (TPSA) is 59.0 Å². The lowest BCUT2D eigenvalue weighted by Gasteiger charge is -2.05. The summed E-state index contributed by atoms with van der Waals surface area (Å²) < 4.78 is 5.15. The molecule has 2 N–H and O–H groups in total. The van der Waals surface area contributed by atoms with Crippen LogP contribution in [-0.4, -0.2) is 12.0 Å². The molecule has 0 fully saturated rings. The molecule has 1 aromatic carbocycles. The Morgan fingerprint density at radius 3 is 2.63 bits per heavy atom. The van der Waals surface area contributed by atoms with Gasteiger partial charge >= 0.3 is 0 Å². The van der Waals surface area contributed by atoms with Crippen molar-refractivity contribution < 1.29 is 4.74 Å². The third kappa shape index (κ3) is 2.18. The Hall–Kier alpha value is -1.29.